The molecule has 0 aliphatic rings. The molecule has 17 nitrogen and oxygen atoms in total. The molecule has 19 heteroatoms. The minimum Gasteiger partial charge on any atom is -0.462 e. The molecule has 3 N–H and O–H groups in total. The van der Waals surface area contributed by atoms with Gasteiger partial charge in [-0.3, -0.25) is 37.3 Å². The maximum atomic E-state index is 13.0. The Morgan fingerprint density at radius 1 is 0.311 bits per heavy atom. The monoisotopic (exact) mass is 1320 g/mol. The van der Waals surface area contributed by atoms with Gasteiger partial charge in [0.25, 0.3) is 0 Å². The molecule has 0 rings (SSSR count). The molecule has 0 spiro atoms. The largest absolute Gasteiger partial charge is 0.472 e. The Bertz CT molecular complexity index is 1780. The molecule has 90 heavy (non-hydrogen) atoms. The van der Waals surface area contributed by atoms with Crippen molar-refractivity contribution in [2.75, 3.05) is 39.6 Å². The molecule has 0 aliphatic heterocycles. The lowest BCUT2D eigenvalue weighted by atomic mass is 9.99. The number of esters is 4. The van der Waals surface area contributed by atoms with Crippen LogP contribution >= 0.6 is 15.6 Å². The number of hydrogen-bond donors (Lipinski definition) is 3. The molecule has 0 saturated carbocycles. The van der Waals surface area contributed by atoms with Crippen LogP contribution in [0.4, 0.5) is 0 Å². The van der Waals surface area contributed by atoms with Gasteiger partial charge in [0.15, 0.2) is 12.2 Å². The zero-order valence-corrected chi connectivity index (χ0v) is 60.6. The first-order chi connectivity index (χ1) is 43.1. The van der Waals surface area contributed by atoms with Crippen LogP contribution in [0, 0.1) is 23.7 Å². The summed E-state index contributed by atoms with van der Waals surface area (Å²) in [5.74, 6) is 0.849. The Hall–Kier alpha value is -1.94. The minimum atomic E-state index is -4.95. The maximum absolute atomic E-state index is 13.0. The Balaban J connectivity index is 5.18. The van der Waals surface area contributed by atoms with E-state index in [2.05, 4.69) is 55.4 Å². The minimum absolute atomic E-state index is 0.102. The van der Waals surface area contributed by atoms with Crippen LogP contribution in [0.25, 0.3) is 0 Å². The molecule has 6 atom stereocenters. The molecule has 0 bridgehead atoms. The first kappa shape index (κ1) is 88.1. The van der Waals surface area contributed by atoms with Crippen molar-refractivity contribution in [2.24, 2.45) is 23.7 Å². The number of rotatable bonds is 68. The number of phosphoric ester groups is 2. The van der Waals surface area contributed by atoms with E-state index in [9.17, 15) is 43.2 Å². The van der Waals surface area contributed by atoms with Crippen molar-refractivity contribution >= 4 is 39.5 Å². The van der Waals surface area contributed by atoms with Crippen LogP contribution in [0.15, 0.2) is 0 Å². The Labute approximate surface area is 549 Å². The van der Waals surface area contributed by atoms with E-state index in [1.807, 2.05) is 0 Å². The third kappa shape index (κ3) is 63.5. The van der Waals surface area contributed by atoms with Crippen LogP contribution in [0.3, 0.4) is 0 Å². The summed E-state index contributed by atoms with van der Waals surface area (Å²) < 4.78 is 68.2. The van der Waals surface area contributed by atoms with Gasteiger partial charge >= 0.3 is 39.5 Å². The standard InChI is InChI=1S/C71H138O17P2/c1-9-64(8)50-42-34-25-18-14-12-10-11-13-15-19-26-35-43-51-68(73)81-58-67(88-71(76)54-46-38-30-29-33-41-49-63(6)7)60-86-90(79,80)84-56-65(72)55-83-89(77,78)85-59-66(57-82-69(74)52-44-36-27-22-21-24-32-40-48-62(4)5)87-70(75)53-45-37-28-20-16-17-23-31-39-47-61(2)3/h61-67,72H,9-60H2,1-8H3,(H,77,78)(H,79,80)/t64?,65?,66-,67-/m1/s1. The molecule has 534 valence electrons. The quantitative estimate of drug-likeness (QED) is 0.0222. The average Bonchev–Trinajstić information content (AvgIpc) is 3.23. The zero-order valence-electron chi connectivity index (χ0n) is 58.8. The van der Waals surface area contributed by atoms with Gasteiger partial charge < -0.3 is 33.8 Å². The first-order valence-electron chi connectivity index (χ1n) is 36.7. The summed E-state index contributed by atoms with van der Waals surface area (Å²) in [6, 6.07) is 0. The van der Waals surface area contributed by atoms with Gasteiger partial charge in [0.05, 0.1) is 26.4 Å². The number of carbonyl (C=O) groups is 4. The fourth-order valence-corrected chi connectivity index (χ4v) is 12.2. The van der Waals surface area contributed by atoms with Crippen LogP contribution in [0.1, 0.15) is 351 Å². The van der Waals surface area contributed by atoms with E-state index in [1.54, 1.807) is 0 Å². The number of carbonyl (C=O) groups excluding carboxylic acids is 4. The fraction of sp³-hybridized carbons (Fsp3) is 0.944. The number of aliphatic hydroxyl groups excluding tert-OH is 1. The highest BCUT2D eigenvalue weighted by Gasteiger charge is 2.30. The van der Waals surface area contributed by atoms with E-state index < -0.39 is 97.5 Å². The van der Waals surface area contributed by atoms with E-state index >= 15 is 0 Å². The average molecular weight is 1330 g/mol. The van der Waals surface area contributed by atoms with Crippen molar-refractivity contribution in [1.82, 2.24) is 0 Å². The number of unbranched alkanes of at least 4 members (excludes halogenated alkanes) is 33. The molecular weight excluding hydrogens is 1190 g/mol. The predicted molar refractivity (Wildman–Crippen MR) is 363 cm³/mol. The van der Waals surface area contributed by atoms with E-state index in [4.69, 9.17) is 37.0 Å². The smallest absolute Gasteiger partial charge is 0.462 e. The van der Waals surface area contributed by atoms with Crippen LogP contribution in [0.5, 0.6) is 0 Å². The van der Waals surface area contributed by atoms with Crippen molar-refractivity contribution in [3.05, 3.63) is 0 Å². The molecule has 0 aromatic carbocycles. The summed E-state index contributed by atoms with van der Waals surface area (Å²) in [6.45, 7) is 14.1. The van der Waals surface area contributed by atoms with Crippen LogP contribution in [-0.4, -0.2) is 96.7 Å². The zero-order chi connectivity index (χ0) is 66.8. The first-order valence-corrected chi connectivity index (χ1v) is 39.7. The molecule has 0 heterocycles. The SMILES string of the molecule is CCC(C)CCCCCCCCCCCCCCCCC(=O)OC[C@H](COP(=O)(O)OCC(O)COP(=O)(O)OC[C@@H](COC(=O)CCCCCCCCCCC(C)C)OC(=O)CCCCCCCCCCCC(C)C)OC(=O)CCCCCCCCC(C)C. The van der Waals surface area contributed by atoms with Crippen LogP contribution < -0.4 is 0 Å². The summed E-state index contributed by atoms with van der Waals surface area (Å²) in [6.07, 6.45) is 43.3. The van der Waals surface area contributed by atoms with Gasteiger partial charge in [0.1, 0.15) is 19.3 Å². The highest BCUT2D eigenvalue weighted by atomic mass is 31.2. The van der Waals surface area contributed by atoms with Crippen LogP contribution in [-0.2, 0) is 65.4 Å². The van der Waals surface area contributed by atoms with Crippen molar-refractivity contribution in [3.8, 4) is 0 Å². The Kier molecular flexibility index (Phi) is 59.4. The molecule has 4 unspecified atom stereocenters. The lowest BCUT2D eigenvalue weighted by Crippen LogP contribution is -2.30. The van der Waals surface area contributed by atoms with Gasteiger partial charge in [0, 0.05) is 25.7 Å². The second-order valence-electron chi connectivity index (χ2n) is 27.3. The Morgan fingerprint density at radius 2 is 0.533 bits per heavy atom. The van der Waals surface area contributed by atoms with Gasteiger partial charge in [-0.2, -0.15) is 0 Å². The summed E-state index contributed by atoms with van der Waals surface area (Å²) in [5.41, 5.74) is 0. The summed E-state index contributed by atoms with van der Waals surface area (Å²) >= 11 is 0. The highest BCUT2D eigenvalue weighted by Crippen LogP contribution is 2.45. The van der Waals surface area contributed by atoms with Crippen molar-refractivity contribution in [1.29, 1.82) is 0 Å². The summed E-state index contributed by atoms with van der Waals surface area (Å²) in [5, 5.41) is 10.6. The van der Waals surface area contributed by atoms with Crippen LogP contribution in [0.2, 0.25) is 0 Å². The predicted octanol–water partition coefficient (Wildman–Crippen LogP) is 20.1. The van der Waals surface area contributed by atoms with Gasteiger partial charge in [-0.15, -0.1) is 0 Å². The lowest BCUT2D eigenvalue weighted by molar-refractivity contribution is -0.161. The van der Waals surface area contributed by atoms with E-state index in [-0.39, 0.29) is 25.7 Å². The second-order valence-corrected chi connectivity index (χ2v) is 30.2. The molecule has 0 saturated heterocycles. The lowest BCUT2D eigenvalue weighted by Gasteiger charge is -2.21. The molecule has 0 fully saturated rings. The Morgan fingerprint density at radius 3 is 0.789 bits per heavy atom. The number of phosphoric acid groups is 2. The molecule has 0 aromatic heterocycles. The third-order valence-electron chi connectivity index (χ3n) is 16.7. The summed E-state index contributed by atoms with van der Waals surface area (Å²) in [7, 11) is -9.90. The fourth-order valence-electron chi connectivity index (χ4n) is 10.6. The second kappa shape index (κ2) is 60.7. The van der Waals surface area contributed by atoms with E-state index in [0.29, 0.717) is 31.6 Å². The highest BCUT2D eigenvalue weighted by molar-refractivity contribution is 7.47. The van der Waals surface area contributed by atoms with Crippen molar-refractivity contribution in [3.63, 3.8) is 0 Å². The van der Waals surface area contributed by atoms with Gasteiger partial charge in [0.2, 0.25) is 0 Å². The normalized spacial score (nSPS) is 14.6. The molecule has 0 aromatic rings. The number of aliphatic hydroxyl groups is 1. The van der Waals surface area contributed by atoms with E-state index in [0.717, 1.165) is 108 Å². The van der Waals surface area contributed by atoms with Gasteiger partial charge in [-0.1, -0.05) is 299 Å². The topological polar surface area (TPSA) is 237 Å². The van der Waals surface area contributed by atoms with Crippen molar-refractivity contribution in [2.45, 2.75) is 369 Å². The molecule has 0 amide bonds. The van der Waals surface area contributed by atoms with Gasteiger partial charge in [-0.25, -0.2) is 9.13 Å². The number of ether oxygens (including phenoxy) is 4. The van der Waals surface area contributed by atoms with Crippen molar-refractivity contribution < 1.29 is 80.2 Å². The maximum Gasteiger partial charge on any atom is 0.472 e. The van der Waals surface area contributed by atoms with Gasteiger partial charge in [-0.05, 0) is 49.4 Å². The summed E-state index contributed by atoms with van der Waals surface area (Å²) in [4.78, 5) is 72.5. The number of hydrogen-bond acceptors (Lipinski definition) is 15. The molecule has 0 radical (unpaired) electrons. The third-order valence-corrected chi connectivity index (χ3v) is 18.6. The van der Waals surface area contributed by atoms with E-state index in [1.165, 1.54) is 154 Å². The molecular formula is C71H138O17P2. The molecule has 0 aliphatic carbocycles.